The summed E-state index contributed by atoms with van der Waals surface area (Å²) < 4.78 is 6.92. The number of nitrogens with one attached hydrogen (secondary N) is 2. The Bertz CT molecular complexity index is 1760. The third-order valence-corrected chi connectivity index (χ3v) is 17.4. The number of likely N-dealkylation sites (N-methyl/N-ethyl adjacent to an activating group) is 1. The summed E-state index contributed by atoms with van der Waals surface area (Å²) in [5.41, 5.74) is 9.88. The van der Waals surface area contributed by atoms with Gasteiger partial charge in [-0.3, -0.25) is 14.4 Å². The highest BCUT2D eigenvalue weighted by atomic mass is 31.2. The number of hydrogen-bond donors (Lipinski definition) is 5. The van der Waals surface area contributed by atoms with Crippen molar-refractivity contribution in [3.63, 3.8) is 0 Å². The molecule has 228 valence electrons. The molecule has 8 rings (SSSR count). The molecule has 0 radical (unpaired) electrons. The molecule has 2 aromatic carbocycles. The van der Waals surface area contributed by atoms with Crippen molar-refractivity contribution in [2.45, 2.75) is 61.4 Å². The van der Waals surface area contributed by atoms with E-state index < -0.39 is 23.7 Å². The number of aliphatic hydroxyl groups excluding tert-OH is 1. The van der Waals surface area contributed by atoms with Gasteiger partial charge in [-0.15, -0.1) is 0 Å². The van der Waals surface area contributed by atoms with Crippen LogP contribution in [0.25, 0.3) is 11.1 Å². The lowest BCUT2D eigenvalue weighted by atomic mass is 9.60. The minimum atomic E-state index is -2.20. The molecule has 6 N–H and O–H groups in total. The van der Waals surface area contributed by atoms with E-state index in [1.807, 2.05) is 32.2 Å². The first-order valence-electron chi connectivity index (χ1n) is 15.6. The van der Waals surface area contributed by atoms with Gasteiger partial charge in [0.05, 0.1) is 11.1 Å². The number of fused-ring (bicyclic) bond motifs is 3. The first-order valence-corrected chi connectivity index (χ1v) is 17.4. The molecule has 4 aliphatic carbocycles. The van der Waals surface area contributed by atoms with Crippen LogP contribution in [0.1, 0.15) is 65.3 Å². The number of aliphatic hydroxyl groups is 1. The van der Waals surface area contributed by atoms with Crippen LogP contribution in [-0.4, -0.2) is 63.9 Å². The standard InChI is InChI=1S/C34H36N3O6P/c1-33-27(31(35)41)24(38)16-21-15-20-14-18-9-10-23(17-5-3-6-19(13-17)32(42)37-12-11-36-2)28(39)25(18)29(40)26(20)30-34(21,33)44(33,43-30)22-7-4-8-22/h3,5-6,9-10,13,20-22,36H,4,7-8,11-12,14-16H2,1-2H3,(H4-,35,37,38,39,40,41,42)/p+1/t20?,21-,33?,34-,44?/m0/s1. The number of carbonyl (C=O) groups is 3. The Kier molecular flexibility index (Phi) is 5.81. The number of phenols is 1. The predicted octanol–water partition coefficient (Wildman–Crippen LogP) is 4.36. The number of aromatic hydroxyl groups is 1. The zero-order valence-electron chi connectivity index (χ0n) is 24.9. The third kappa shape index (κ3) is 3.05. The molecule has 2 amide bonds. The van der Waals surface area contributed by atoms with Crippen LogP contribution in [0.5, 0.6) is 5.75 Å². The molecule has 2 aromatic rings. The van der Waals surface area contributed by atoms with Gasteiger partial charge in [0, 0.05) is 36.6 Å². The van der Waals surface area contributed by atoms with Crippen molar-refractivity contribution in [3.05, 3.63) is 75.8 Å². The van der Waals surface area contributed by atoms with Gasteiger partial charge in [0.2, 0.25) is 18.4 Å². The summed E-state index contributed by atoms with van der Waals surface area (Å²) in [6, 6.07) is 10.8. The second-order valence-corrected chi connectivity index (χ2v) is 17.2. The van der Waals surface area contributed by atoms with Crippen LogP contribution in [0.15, 0.2) is 59.1 Å². The maximum absolute atomic E-state index is 14.5. The van der Waals surface area contributed by atoms with Crippen LogP contribution < -0.4 is 16.4 Å². The summed E-state index contributed by atoms with van der Waals surface area (Å²) in [5.74, 6) is -0.328. The fraction of sp³-hybridized carbons (Fsp3) is 0.441. The molecule has 5 atom stereocenters. The molecule has 10 heteroatoms. The molecule has 2 saturated heterocycles. The molecule has 3 fully saturated rings. The molecule has 0 aromatic heterocycles. The topological polar surface area (TPSA) is 151 Å². The second kappa shape index (κ2) is 9.18. The molecular weight excluding hydrogens is 577 g/mol. The Labute approximate surface area is 256 Å². The van der Waals surface area contributed by atoms with Gasteiger partial charge in [-0.1, -0.05) is 24.3 Å². The summed E-state index contributed by atoms with van der Waals surface area (Å²) in [6.45, 7) is 3.18. The van der Waals surface area contributed by atoms with Gasteiger partial charge < -0.3 is 31.1 Å². The average Bonchev–Trinajstić information content (AvgIpc) is 3.31. The van der Waals surface area contributed by atoms with Gasteiger partial charge in [-0.25, -0.2) is 0 Å². The predicted molar refractivity (Wildman–Crippen MR) is 167 cm³/mol. The number of primary amides is 1. The van der Waals surface area contributed by atoms with Crippen molar-refractivity contribution in [1.82, 2.24) is 10.6 Å². The summed E-state index contributed by atoms with van der Waals surface area (Å²) in [6.07, 6.45) is 4.86. The SMILES string of the molecule is CNCCNC(=O)c1cccc(-c2ccc3c(c2O)C(=O)C2=C4O[P+]5(C6CCC6)C6(C)C(C(N)=O)=C(O)C[C@H](CC2C3)[C@]465)c1. The van der Waals surface area contributed by atoms with E-state index in [2.05, 4.69) is 10.6 Å². The van der Waals surface area contributed by atoms with Crippen molar-refractivity contribution in [3.8, 4) is 16.9 Å². The number of Topliss-reactive ketones (excluding diaryl/α,β-unsaturated/α-hetero) is 1. The van der Waals surface area contributed by atoms with Crippen molar-refractivity contribution < 1.29 is 29.1 Å². The maximum atomic E-state index is 14.5. The molecule has 1 saturated carbocycles. The third-order valence-electron chi connectivity index (χ3n) is 11.6. The Morgan fingerprint density at radius 3 is 2.64 bits per heavy atom. The lowest BCUT2D eigenvalue weighted by Crippen LogP contribution is -2.50. The quantitative estimate of drug-likeness (QED) is 0.230. The van der Waals surface area contributed by atoms with Crippen molar-refractivity contribution >= 4 is 25.1 Å². The Morgan fingerprint density at radius 2 is 1.93 bits per heavy atom. The first kappa shape index (κ1) is 27.8. The number of amides is 2. The zero-order chi connectivity index (χ0) is 30.8. The van der Waals surface area contributed by atoms with Gasteiger partial charge in [-0.2, -0.15) is 0 Å². The maximum Gasteiger partial charge on any atom is 0.252 e. The smallest absolute Gasteiger partial charge is 0.252 e. The van der Waals surface area contributed by atoms with Crippen LogP contribution in [0.2, 0.25) is 0 Å². The van der Waals surface area contributed by atoms with E-state index >= 15 is 0 Å². The summed E-state index contributed by atoms with van der Waals surface area (Å²) in [7, 11) is -0.379. The minimum absolute atomic E-state index is 0.0891. The van der Waals surface area contributed by atoms with Gasteiger partial charge >= 0.3 is 0 Å². The van der Waals surface area contributed by atoms with Crippen LogP contribution in [0.4, 0.5) is 0 Å². The molecule has 0 bridgehead atoms. The Hall–Kier alpha value is -3.68. The zero-order valence-corrected chi connectivity index (χ0v) is 25.8. The number of hydrogen-bond acceptors (Lipinski definition) is 7. The number of phenolic OH excluding ortho intramolecular Hbond substituents is 1. The largest absolute Gasteiger partial charge is 0.512 e. The van der Waals surface area contributed by atoms with E-state index in [-0.39, 0.29) is 40.6 Å². The first-order chi connectivity index (χ1) is 21.1. The molecule has 6 aliphatic rings. The number of ketones is 1. The normalized spacial score (nSPS) is 32.7. The number of rotatable bonds is 7. The molecular formula is C34H37N3O6P+. The Balaban J connectivity index is 1.21. The summed E-state index contributed by atoms with van der Waals surface area (Å²) in [5, 5.41) is 27.6. The van der Waals surface area contributed by atoms with Crippen molar-refractivity contribution in [2.24, 2.45) is 17.6 Å². The lowest BCUT2D eigenvalue weighted by molar-refractivity contribution is -0.115. The highest BCUT2D eigenvalue weighted by Crippen LogP contribution is 3.14. The fourth-order valence-corrected chi connectivity index (χ4v) is 16.8. The van der Waals surface area contributed by atoms with Crippen molar-refractivity contribution in [1.29, 1.82) is 0 Å². The number of benzene rings is 2. The van der Waals surface area contributed by atoms with Crippen molar-refractivity contribution in [2.75, 3.05) is 20.1 Å². The number of carbonyl (C=O) groups excluding carboxylic acids is 3. The van der Waals surface area contributed by atoms with E-state index in [1.54, 1.807) is 18.2 Å². The highest BCUT2D eigenvalue weighted by molar-refractivity contribution is 7.85. The molecule has 1 spiro atoms. The molecule has 44 heavy (non-hydrogen) atoms. The van der Waals surface area contributed by atoms with Crippen LogP contribution in [-0.2, 0) is 15.7 Å². The van der Waals surface area contributed by atoms with Crippen LogP contribution >= 0.6 is 7.49 Å². The fourth-order valence-electron chi connectivity index (χ4n) is 9.75. The summed E-state index contributed by atoms with van der Waals surface area (Å²) in [4.78, 5) is 40.0. The van der Waals surface area contributed by atoms with Crippen LogP contribution in [0.3, 0.4) is 0 Å². The Morgan fingerprint density at radius 1 is 1.14 bits per heavy atom. The molecule has 3 unspecified atom stereocenters. The summed E-state index contributed by atoms with van der Waals surface area (Å²) >= 11 is 0. The van der Waals surface area contributed by atoms with Gasteiger partial charge in [0.15, 0.2) is 10.9 Å². The second-order valence-electron chi connectivity index (χ2n) is 13.4. The molecule has 2 aliphatic heterocycles. The lowest BCUT2D eigenvalue weighted by Gasteiger charge is -2.46. The van der Waals surface area contributed by atoms with E-state index in [0.717, 1.165) is 31.2 Å². The van der Waals surface area contributed by atoms with Gasteiger partial charge in [0.25, 0.3) is 11.8 Å². The van der Waals surface area contributed by atoms with Gasteiger partial charge in [0.1, 0.15) is 22.7 Å². The average molecular weight is 615 g/mol. The van der Waals surface area contributed by atoms with Gasteiger partial charge in [-0.05, 0) is 75.3 Å². The van der Waals surface area contributed by atoms with Crippen LogP contribution in [0, 0.1) is 11.8 Å². The molecule has 9 nitrogen and oxygen atoms in total. The van der Waals surface area contributed by atoms with E-state index in [1.165, 1.54) is 0 Å². The van der Waals surface area contributed by atoms with E-state index in [9.17, 15) is 24.6 Å². The minimum Gasteiger partial charge on any atom is -0.512 e. The number of allylic oxidation sites excluding steroid dienone is 3. The van der Waals surface area contributed by atoms with E-state index in [4.69, 9.17) is 10.3 Å². The van der Waals surface area contributed by atoms with E-state index in [0.29, 0.717) is 65.2 Å². The monoisotopic (exact) mass is 614 g/mol. The molecule has 2 heterocycles. The highest BCUT2D eigenvalue weighted by Gasteiger charge is 3.12. The number of nitrogens with two attached hydrogens (primary N) is 1.